The van der Waals surface area contributed by atoms with Crippen LogP contribution in [0.5, 0.6) is 0 Å². The van der Waals surface area contributed by atoms with Crippen molar-refractivity contribution in [2.45, 2.75) is 140 Å². The molecule has 0 bridgehead atoms. The van der Waals surface area contributed by atoms with Gasteiger partial charge in [-0.25, -0.2) is 0 Å². The maximum atomic E-state index is 12.1. The first kappa shape index (κ1) is 74.6. The van der Waals surface area contributed by atoms with Gasteiger partial charge in [-0.1, -0.05) is 0 Å². The molecule has 3 heterocycles. The van der Waals surface area contributed by atoms with Crippen molar-refractivity contribution in [1.82, 2.24) is 0 Å². The van der Waals surface area contributed by atoms with Crippen molar-refractivity contribution in [2.24, 2.45) is 11.8 Å². The molecule has 0 aliphatic carbocycles. The molecule has 0 amide bonds. The van der Waals surface area contributed by atoms with Gasteiger partial charge in [-0.05, 0) is 65.2 Å². The summed E-state index contributed by atoms with van der Waals surface area (Å²) in [7, 11) is -12.3. The first-order chi connectivity index (χ1) is 35.1. The van der Waals surface area contributed by atoms with E-state index in [1.165, 1.54) is 0 Å². The van der Waals surface area contributed by atoms with E-state index < -0.39 is 71.1 Å². The Labute approximate surface area is 442 Å². The summed E-state index contributed by atoms with van der Waals surface area (Å²) in [5.41, 5.74) is -11.7. The third-order valence-electron chi connectivity index (χ3n) is 8.76. The fraction of sp³-hybridized carbons (Fsp3) is 0.727. The number of rotatable bonds is 22. The minimum absolute atomic E-state index is 0.0273. The summed E-state index contributed by atoms with van der Waals surface area (Å²) in [4.78, 5) is 88.3. The van der Waals surface area contributed by atoms with Gasteiger partial charge in [0.2, 0.25) is 0 Å². The summed E-state index contributed by atoms with van der Waals surface area (Å²) >= 11 is -3.86. The van der Waals surface area contributed by atoms with Crippen molar-refractivity contribution in [3.63, 3.8) is 0 Å². The Morgan fingerprint density at radius 3 is 1.75 bits per heavy atom. The van der Waals surface area contributed by atoms with Crippen LogP contribution >= 0.6 is 0 Å². The summed E-state index contributed by atoms with van der Waals surface area (Å²) in [6.07, 6.45) is 19.0. The number of esters is 6. The third-order valence-corrected chi connectivity index (χ3v) is 15.4. The van der Waals surface area contributed by atoms with Gasteiger partial charge in [0.05, 0.1) is 64.3 Å². The Morgan fingerprint density at radius 1 is 0.693 bits per heavy atom. The molecule has 2 unspecified atom stereocenters. The van der Waals surface area contributed by atoms with Crippen LogP contribution in [0.3, 0.4) is 0 Å². The van der Waals surface area contributed by atoms with Gasteiger partial charge in [-0.3, -0.25) is 38.4 Å². The second kappa shape index (κ2) is 43.5. The van der Waals surface area contributed by atoms with Crippen molar-refractivity contribution < 1.29 is 125 Å². The molecule has 3 rings (SSSR count). The summed E-state index contributed by atoms with van der Waals surface area (Å²) in [5.74, 6) is 2.77. The summed E-state index contributed by atoms with van der Waals surface area (Å²) in [6.45, 7) is 5.60. The molecule has 0 aromatic carbocycles. The van der Waals surface area contributed by atoms with Gasteiger partial charge in [-0.2, -0.15) is 0 Å². The molecule has 0 aromatic rings. The van der Waals surface area contributed by atoms with Crippen molar-refractivity contribution in [3.8, 4) is 24.7 Å². The standard InChI is InChI=1S/C21H32O8.C8H10O2.C6H8O3.C5H8O2.C2H6O.2CHF3O3S.Sn/c1-3-8-17(21(26)29-15-6-5-10-19(24)27-4-2)9-7-16-28-20(25)12-11-18(23)13-14-22;1-2-4-7-5-3-6-10-8(7)9;7-5-1-2-6(8)9-4-3-5;6-5-3-1-2-4-7-5;1-2-3;2*2-1(3,4)8(5,6)7;/h1,17,22H,4-16H2,2H3;1,7H,3-6H2;1-4H2;1-4H2;3H,2H2,1H3;2*(H,5,6,7);/q;;;;;;;+2/p-2. The summed E-state index contributed by atoms with van der Waals surface area (Å²) < 4.78 is 145. The molecule has 31 heteroatoms. The SMILES string of the molecule is C#CCC(CCCOC(=O)CCC(=O)CCO)C(=O)OCCCCC(=O)OCC.C#CCC1CCCOC1=O.CCO.O=C1CCCCO1.O=C1CCOC(=O)CC1.O=S(=O)([O][Sn][O]S(=O)(=O)C(F)(F)F)C(F)(F)F. The van der Waals surface area contributed by atoms with Gasteiger partial charge in [0.25, 0.3) is 0 Å². The van der Waals surface area contributed by atoms with Crippen molar-refractivity contribution in [3.05, 3.63) is 0 Å². The molecule has 2 atom stereocenters. The fourth-order valence-electron chi connectivity index (χ4n) is 5.03. The number of aliphatic hydroxyl groups excluding tert-OH is 2. The van der Waals surface area contributed by atoms with Crippen LogP contribution in [0.25, 0.3) is 0 Å². The number of alkyl halides is 6. The molecule has 75 heavy (non-hydrogen) atoms. The molecule has 430 valence electrons. The number of carbonyl (C=O) groups is 8. The number of terminal acetylenes is 2. The Bertz CT molecular complexity index is 1970. The Kier molecular flexibility index (Phi) is 43.3. The van der Waals surface area contributed by atoms with Gasteiger partial charge in [0.1, 0.15) is 11.6 Å². The zero-order valence-corrected chi connectivity index (χ0v) is 45.8. The van der Waals surface area contributed by atoms with Crippen LogP contribution in [0, 0.1) is 36.5 Å². The Hall–Kier alpha value is -4.60. The van der Waals surface area contributed by atoms with Crippen LogP contribution in [-0.4, -0.2) is 160 Å². The molecule has 3 fully saturated rings. The van der Waals surface area contributed by atoms with E-state index in [9.17, 15) is 81.5 Å². The number of hydrogen-bond donors (Lipinski definition) is 2. The van der Waals surface area contributed by atoms with Crippen molar-refractivity contribution >= 4 is 89.6 Å². The van der Waals surface area contributed by atoms with Gasteiger partial charge in [-0.15, -0.1) is 24.7 Å². The quantitative estimate of drug-likeness (QED) is 0.0292. The predicted molar refractivity (Wildman–Crippen MR) is 247 cm³/mol. The predicted octanol–water partition coefficient (Wildman–Crippen LogP) is 4.17. The van der Waals surface area contributed by atoms with E-state index in [1.807, 2.05) is 0 Å². The van der Waals surface area contributed by atoms with Crippen LogP contribution in [0.15, 0.2) is 0 Å². The van der Waals surface area contributed by atoms with Crippen LogP contribution in [0.4, 0.5) is 26.3 Å². The summed E-state index contributed by atoms with van der Waals surface area (Å²) in [5, 5.41) is 16.2. The molecule has 2 radical (unpaired) electrons. The van der Waals surface area contributed by atoms with Crippen LogP contribution in [-0.2, 0) is 92.1 Å². The normalized spacial score (nSPS) is 15.8. The van der Waals surface area contributed by atoms with Gasteiger partial charge in [0, 0.05) is 64.6 Å². The number of ketones is 2. The number of halogens is 6. The molecular formula is C44H64F6O22S2Sn. The van der Waals surface area contributed by atoms with E-state index in [4.69, 9.17) is 42.0 Å². The monoisotopic (exact) mass is 1240 g/mol. The Morgan fingerprint density at radius 2 is 1.25 bits per heavy atom. The molecule has 0 aromatic heterocycles. The molecule has 3 saturated heterocycles. The molecule has 22 nitrogen and oxygen atoms in total. The van der Waals surface area contributed by atoms with E-state index in [0.717, 1.165) is 25.7 Å². The zero-order chi connectivity index (χ0) is 57.9. The van der Waals surface area contributed by atoms with E-state index in [2.05, 4.69) is 26.4 Å². The van der Waals surface area contributed by atoms with Gasteiger partial charge < -0.3 is 38.6 Å². The third kappa shape index (κ3) is 41.3. The number of hydrogen-bond acceptors (Lipinski definition) is 22. The molecule has 3 aliphatic heterocycles. The number of cyclic esters (lactones) is 3. The van der Waals surface area contributed by atoms with E-state index in [-0.39, 0.29) is 113 Å². The van der Waals surface area contributed by atoms with E-state index >= 15 is 0 Å². The number of aliphatic hydroxyl groups is 2. The molecular weight excluding hydrogens is 1180 g/mol. The molecule has 3 aliphatic rings. The van der Waals surface area contributed by atoms with Crippen LogP contribution in [0.2, 0.25) is 0 Å². The van der Waals surface area contributed by atoms with E-state index in [0.29, 0.717) is 71.2 Å². The number of ether oxygens (including phenoxy) is 6. The van der Waals surface area contributed by atoms with E-state index in [1.54, 1.807) is 13.8 Å². The first-order valence-electron chi connectivity index (χ1n) is 22.9. The Balaban J connectivity index is -0.000000940. The molecule has 2 N–H and O–H groups in total. The van der Waals surface area contributed by atoms with Crippen LogP contribution in [0.1, 0.15) is 129 Å². The first-order valence-corrected chi connectivity index (χ1v) is 28.1. The number of Topliss-reactive ketones (excluding diaryl/α,β-unsaturated/α-hetero) is 2. The summed E-state index contributed by atoms with van der Waals surface area (Å²) in [6, 6.07) is 0. The zero-order valence-electron chi connectivity index (χ0n) is 41.3. The van der Waals surface area contributed by atoms with Crippen LogP contribution < -0.4 is 0 Å². The molecule has 0 saturated carbocycles. The second-order valence-corrected chi connectivity index (χ2v) is 21.3. The van der Waals surface area contributed by atoms with Crippen molar-refractivity contribution in [1.29, 1.82) is 0 Å². The average Bonchev–Trinajstić information content (AvgIpc) is 3.52. The van der Waals surface area contributed by atoms with Gasteiger partial charge in [0.15, 0.2) is 0 Å². The number of carbonyl (C=O) groups excluding carboxylic acids is 8. The average molecular weight is 1240 g/mol. The van der Waals surface area contributed by atoms with Gasteiger partial charge >= 0.3 is 137 Å². The minimum atomic E-state index is -6.15. The fourth-order valence-corrected chi connectivity index (χ4v) is 9.38. The van der Waals surface area contributed by atoms with Crippen molar-refractivity contribution in [2.75, 3.05) is 52.9 Å². The topological polar surface area (TPSA) is 319 Å². The second-order valence-electron chi connectivity index (χ2n) is 14.9. The molecule has 0 spiro atoms. The maximum absolute atomic E-state index is 12.1. The number of unbranched alkanes of at least 4 members (excludes halogenated alkanes) is 1.